The fourth-order valence-electron chi connectivity index (χ4n) is 3.32. The van der Waals surface area contributed by atoms with Gasteiger partial charge in [-0.25, -0.2) is 0 Å². The van der Waals surface area contributed by atoms with Crippen molar-refractivity contribution in [3.63, 3.8) is 0 Å². The topological polar surface area (TPSA) is 32.3 Å². The first-order valence-electron chi connectivity index (χ1n) is 6.27. The molecular formula is C12H21ClN2O. The van der Waals surface area contributed by atoms with Gasteiger partial charge in [-0.15, -0.1) is 12.4 Å². The third-order valence-corrected chi connectivity index (χ3v) is 4.60. The molecule has 2 aliphatic heterocycles. The summed E-state index contributed by atoms with van der Waals surface area (Å²) in [5.74, 6) is 2.08. The predicted molar refractivity (Wildman–Crippen MR) is 65.6 cm³/mol. The van der Waals surface area contributed by atoms with Crippen LogP contribution in [0.1, 0.15) is 26.2 Å². The number of hydrogen-bond acceptors (Lipinski definition) is 2. The van der Waals surface area contributed by atoms with E-state index in [4.69, 9.17) is 0 Å². The molecule has 0 radical (unpaired) electrons. The smallest absolute Gasteiger partial charge is 0.226 e. The molecule has 3 unspecified atom stereocenters. The fourth-order valence-corrected chi connectivity index (χ4v) is 3.32. The summed E-state index contributed by atoms with van der Waals surface area (Å²) >= 11 is 0. The summed E-state index contributed by atoms with van der Waals surface area (Å²) in [4.78, 5) is 14.4. The van der Waals surface area contributed by atoms with E-state index in [2.05, 4.69) is 17.1 Å². The minimum absolute atomic E-state index is 0. The Morgan fingerprint density at radius 2 is 2.12 bits per heavy atom. The summed E-state index contributed by atoms with van der Waals surface area (Å²) in [6.45, 7) is 5.23. The molecule has 2 saturated heterocycles. The summed E-state index contributed by atoms with van der Waals surface area (Å²) in [6, 6.07) is 0.595. The van der Waals surface area contributed by atoms with Crippen molar-refractivity contribution in [2.45, 2.75) is 32.2 Å². The Bertz CT molecular complexity index is 280. The van der Waals surface area contributed by atoms with E-state index in [1.807, 2.05) is 0 Å². The van der Waals surface area contributed by atoms with Gasteiger partial charge in [0.2, 0.25) is 5.91 Å². The Labute approximate surface area is 103 Å². The van der Waals surface area contributed by atoms with E-state index in [0.717, 1.165) is 25.6 Å². The van der Waals surface area contributed by atoms with Crippen molar-refractivity contribution in [1.82, 2.24) is 10.2 Å². The van der Waals surface area contributed by atoms with Crippen molar-refractivity contribution >= 4 is 18.3 Å². The average molecular weight is 245 g/mol. The highest BCUT2D eigenvalue weighted by Gasteiger charge is 2.42. The molecule has 3 aliphatic rings. The van der Waals surface area contributed by atoms with Crippen molar-refractivity contribution in [2.75, 3.05) is 19.6 Å². The molecule has 0 aromatic carbocycles. The lowest BCUT2D eigenvalue weighted by Crippen LogP contribution is -2.51. The maximum Gasteiger partial charge on any atom is 0.226 e. The number of carbonyl (C=O) groups is 1. The number of carbonyl (C=O) groups excluding carboxylic acids is 1. The number of amides is 1. The second kappa shape index (κ2) is 4.53. The van der Waals surface area contributed by atoms with Crippen molar-refractivity contribution in [3.05, 3.63) is 0 Å². The van der Waals surface area contributed by atoms with E-state index >= 15 is 0 Å². The number of hydrogen-bond donors (Lipinski definition) is 1. The largest absolute Gasteiger partial charge is 0.339 e. The average Bonchev–Trinajstić information content (AvgIpc) is 2.74. The number of rotatable bonds is 2. The second-order valence-corrected chi connectivity index (χ2v) is 5.53. The number of piperidine rings is 1. The van der Waals surface area contributed by atoms with Crippen LogP contribution in [0.15, 0.2) is 0 Å². The van der Waals surface area contributed by atoms with Gasteiger partial charge in [0.15, 0.2) is 0 Å². The van der Waals surface area contributed by atoms with Crippen molar-refractivity contribution in [3.8, 4) is 0 Å². The Kier molecular flexibility index (Phi) is 3.45. The number of likely N-dealkylation sites (tertiary alicyclic amines) is 1. The molecule has 3 fully saturated rings. The van der Waals surface area contributed by atoms with Crippen molar-refractivity contribution in [1.29, 1.82) is 0 Å². The van der Waals surface area contributed by atoms with Gasteiger partial charge in [0.1, 0.15) is 0 Å². The van der Waals surface area contributed by atoms with Gasteiger partial charge < -0.3 is 10.2 Å². The van der Waals surface area contributed by atoms with Crippen LogP contribution in [0.3, 0.4) is 0 Å². The molecule has 3 nitrogen and oxygen atoms in total. The second-order valence-electron chi connectivity index (χ2n) is 5.53. The van der Waals surface area contributed by atoms with Gasteiger partial charge in [0.05, 0.1) is 0 Å². The Morgan fingerprint density at radius 3 is 2.56 bits per heavy atom. The minimum Gasteiger partial charge on any atom is -0.339 e. The first-order chi connectivity index (χ1) is 7.25. The van der Waals surface area contributed by atoms with Gasteiger partial charge in [-0.3, -0.25) is 4.79 Å². The summed E-state index contributed by atoms with van der Waals surface area (Å²) in [7, 11) is 0. The number of nitrogens with one attached hydrogen (secondary N) is 1. The molecule has 1 N–H and O–H groups in total. The third-order valence-electron chi connectivity index (χ3n) is 4.60. The van der Waals surface area contributed by atoms with Gasteiger partial charge in [-0.2, -0.15) is 0 Å². The molecule has 16 heavy (non-hydrogen) atoms. The van der Waals surface area contributed by atoms with Crippen molar-refractivity contribution in [2.24, 2.45) is 17.8 Å². The highest BCUT2D eigenvalue weighted by molar-refractivity contribution is 5.85. The Hall–Kier alpha value is -0.280. The monoisotopic (exact) mass is 244 g/mol. The van der Waals surface area contributed by atoms with Gasteiger partial charge in [-0.1, -0.05) is 6.92 Å². The van der Waals surface area contributed by atoms with E-state index in [1.165, 1.54) is 19.3 Å². The lowest BCUT2D eigenvalue weighted by molar-refractivity contribution is -0.139. The zero-order valence-corrected chi connectivity index (χ0v) is 10.6. The lowest BCUT2D eigenvalue weighted by Gasteiger charge is -2.36. The van der Waals surface area contributed by atoms with Gasteiger partial charge in [-0.05, 0) is 44.2 Å². The number of halogens is 1. The Morgan fingerprint density at radius 1 is 1.38 bits per heavy atom. The molecule has 1 aliphatic carbocycles. The predicted octanol–water partition coefficient (Wildman–Crippen LogP) is 1.27. The first kappa shape index (κ1) is 12.2. The zero-order chi connectivity index (χ0) is 10.4. The highest BCUT2D eigenvalue weighted by Crippen LogP contribution is 2.38. The standard InChI is InChI=1S/C12H20N2O.ClH/c1-8(10-5-13-6-10)12(15)14-7-9-2-3-11(14)4-9;/h8-11,13H,2-7H2,1H3;1H. The van der Waals surface area contributed by atoms with E-state index in [0.29, 0.717) is 17.9 Å². The van der Waals surface area contributed by atoms with Crippen LogP contribution in [0.25, 0.3) is 0 Å². The molecule has 92 valence electrons. The normalized spacial score (nSPS) is 34.4. The van der Waals surface area contributed by atoms with Gasteiger partial charge in [0, 0.05) is 18.5 Å². The van der Waals surface area contributed by atoms with Crippen LogP contribution >= 0.6 is 12.4 Å². The molecule has 3 atom stereocenters. The summed E-state index contributed by atoms with van der Waals surface area (Å²) in [5.41, 5.74) is 0. The zero-order valence-electron chi connectivity index (χ0n) is 9.82. The van der Waals surface area contributed by atoms with E-state index in [9.17, 15) is 4.79 Å². The van der Waals surface area contributed by atoms with Gasteiger partial charge >= 0.3 is 0 Å². The van der Waals surface area contributed by atoms with E-state index < -0.39 is 0 Å². The molecule has 1 saturated carbocycles. The number of nitrogens with zero attached hydrogens (tertiary/aromatic N) is 1. The van der Waals surface area contributed by atoms with Crippen LogP contribution in [0.4, 0.5) is 0 Å². The van der Waals surface area contributed by atoms with Crippen LogP contribution in [0.5, 0.6) is 0 Å². The SMILES string of the molecule is CC(C(=O)N1CC2CCC1C2)C1CNC1.Cl. The maximum atomic E-state index is 12.3. The molecule has 3 rings (SSSR count). The van der Waals surface area contributed by atoms with Crippen LogP contribution in [0.2, 0.25) is 0 Å². The highest BCUT2D eigenvalue weighted by atomic mass is 35.5. The van der Waals surface area contributed by atoms with Crippen LogP contribution in [0, 0.1) is 17.8 Å². The number of fused-ring (bicyclic) bond motifs is 2. The van der Waals surface area contributed by atoms with E-state index in [-0.39, 0.29) is 18.3 Å². The quantitative estimate of drug-likeness (QED) is 0.794. The molecule has 1 amide bonds. The molecule has 2 heterocycles. The van der Waals surface area contributed by atoms with Crippen LogP contribution < -0.4 is 5.32 Å². The van der Waals surface area contributed by atoms with Gasteiger partial charge in [0.25, 0.3) is 0 Å². The minimum atomic E-state index is 0. The molecule has 4 heteroatoms. The lowest BCUT2D eigenvalue weighted by atomic mass is 9.87. The molecule has 2 bridgehead atoms. The molecule has 0 aromatic heterocycles. The molecule has 0 aromatic rings. The molecule has 0 spiro atoms. The van der Waals surface area contributed by atoms with Crippen LogP contribution in [-0.4, -0.2) is 36.5 Å². The maximum absolute atomic E-state index is 12.3. The van der Waals surface area contributed by atoms with E-state index in [1.54, 1.807) is 0 Å². The fraction of sp³-hybridized carbons (Fsp3) is 0.917. The summed E-state index contributed by atoms with van der Waals surface area (Å²) in [5, 5.41) is 3.25. The third kappa shape index (κ3) is 1.84. The summed E-state index contributed by atoms with van der Waals surface area (Å²) < 4.78 is 0. The van der Waals surface area contributed by atoms with Crippen LogP contribution in [-0.2, 0) is 4.79 Å². The Balaban J connectivity index is 0.000000963. The first-order valence-corrected chi connectivity index (χ1v) is 6.27. The van der Waals surface area contributed by atoms with Crippen molar-refractivity contribution < 1.29 is 4.79 Å². The summed E-state index contributed by atoms with van der Waals surface area (Å²) in [6.07, 6.45) is 3.89. The molecular weight excluding hydrogens is 224 g/mol.